The zero-order chi connectivity index (χ0) is 15.9. The van der Waals surface area contributed by atoms with Crippen LogP contribution in [0.4, 0.5) is 5.95 Å². The maximum Gasteiger partial charge on any atom is 0.230 e. The highest BCUT2D eigenvalue weighted by molar-refractivity contribution is 5.94. The van der Waals surface area contributed by atoms with Crippen LogP contribution in [-0.4, -0.2) is 53.2 Å². The highest BCUT2D eigenvalue weighted by Crippen LogP contribution is 2.40. The molecule has 2 fully saturated rings. The summed E-state index contributed by atoms with van der Waals surface area (Å²) in [6, 6.07) is 0. The van der Waals surface area contributed by atoms with E-state index in [2.05, 4.69) is 14.9 Å². The minimum Gasteiger partial charge on any atom is -0.345 e. The van der Waals surface area contributed by atoms with Gasteiger partial charge in [-0.2, -0.15) is 0 Å². The summed E-state index contributed by atoms with van der Waals surface area (Å²) in [7, 11) is 1.88. The summed E-state index contributed by atoms with van der Waals surface area (Å²) in [6.45, 7) is 5.66. The van der Waals surface area contributed by atoms with Gasteiger partial charge in [0.05, 0.1) is 16.7 Å². The third kappa shape index (κ3) is 2.36. The monoisotopic (exact) mass is 302 g/mol. The van der Waals surface area contributed by atoms with E-state index in [9.17, 15) is 9.59 Å². The third-order valence-corrected chi connectivity index (χ3v) is 4.93. The molecule has 0 unspecified atom stereocenters. The van der Waals surface area contributed by atoms with Crippen LogP contribution in [0.25, 0.3) is 0 Å². The first-order chi connectivity index (χ1) is 10.4. The molecule has 2 saturated heterocycles. The van der Waals surface area contributed by atoms with Crippen molar-refractivity contribution in [3.8, 4) is 0 Å². The molecule has 0 aliphatic carbocycles. The van der Waals surface area contributed by atoms with E-state index in [1.54, 1.807) is 6.20 Å². The van der Waals surface area contributed by atoms with Crippen molar-refractivity contribution in [1.29, 1.82) is 0 Å². The van der Waals surface area contributed by atoms with E-state index >= 15 is 0 Å². The molecule has 2 aliphatic heterocycles. The van der Waals surface area contributed by atoms with Crippen molar-refractivity contribution in [1.82, 2.24) is 14.9 Å². The summed E-state index contributed by atoms with van der Waals surface area (Å²) >= 11 is 0. The molecule has 0 radical (unpaired) electrons. The molecule has 118 valence electrons. The molecular weight excluding hydrogens is 280 g/mol. The van der Waals surface area contributed by atoms with E-state index in [1.807, 2.05) is 18.9 Å². The first kappa shape index (κ1) is 14.9. The zero-order valence-corrected chi connectivity index (χ0v) is 13.4. The van der Waals surface area contributed by atoms with E-state index in [0.29, 0.717) is 23.8 Å². The number of piperidine rings is 1. The van der Waals surface area contributed by atoms with E-state index in [0.717, 1.165) is 32.4 Å². The highest BCUT2D eigenvalue weighted by atomic mass is 16.2. The van der Waals surface area contributed by atoms with Gasteiger partial charge in [0.2, 0.25) is 11.9 Å². The van der Waals surface area contributed by atoms with Crippen LogP contribution in [-0.2, 0) is 4.79 Å². The quantitative estimate of drug-likeness (QED) is 0.773. The molecule has 22 heavy (non-hydrogen) atoms. The van der Waals surface area contributed by atoms with Crippen LogP contribution in [0.3, 0.4) is 0 Å². The summed E-state index contributed by atoms with van der Waals surface area (Å²) in [5.41, 5.74) is 0.987. The van der Waals surface area contributed by atoms with Crippen LogP contribution in [0.1, 0.15) is 42.2 Å². The fraction of sp³-hybridized carbons (Fsp3) is 0.625. The molecule has 0 saturated carbocycles. The zero-order valence-electron chi connectivity index (χ0n) is 13.4. The Hall–Kier alpha value is -1.98. The lowest BCUT2D eigenvalue weighted by Crippen LogP contribution is -2.48. The molecular formula is C16H22N4O2. The van der Waals surface area contributed by atoms with Crippen molar-refractivity contribution < 1.29 is 9.59 Å². The lowest BCUT2D eigenvalue weighted by Gasteiger charge is -2.37. The number of ketones is 1. The molecule has 3 heterocycles. The smallest absolute Gasteiger partial charge is 0.230 e. The van der Waals surface area contributed by atoms with Crippen molar-refractivity contribution >= 4 is 17.6 Å². The number of hydrogen-bond acceptors (Lipinski definition) is 5. The Balaban J connectivity index is 1.82. The van der Waals surface area contributed by atoms with Gasteiger partial charge in [-0.3, -0.25) is 9.59 Å². The Bertz CT molecular complexity index is 631. The Morgan fingerprint density at radius 1 is 1.32 bits per heavy atom. The molecule has 1 atom stereocenters. The van der Waals surface area contributed by atoms with Gasteiger partial charge in [0.25, 0.3) is 0 Å². The van der Waals surface area contributed by atoms with Gasteiger partial charge in [-0.1, -0.05) is 0 Å². The number of anilines is 1. The van der Waals surface area contributed by atoms with E-state index in [-0.39, 0.29) is 17.1 Å². The number of hydrogen-bond donors (Lipinski definition) is 0. The molecule has 2 aliphatic rings. The molecule has 0 N–H and O–H groups in total. The predicted octanol–water partition coefficient (Wildman–Crippen LogP) is 1.44. The average molecular weight is 302 g/mol. The minimum absolute atomic E-state index is 0.0222. The van der Waals surface area contributed by atoms with Crippen molar-refractivity contribution in [2.75, 3.05) is 31.6 Å². The minimum atomic E-state index is -0.274. The van der Waals surface area contributed by atoms with Crippen molar-refractivity contribution in [2.24, 2.45) is 5.41 Å². The van der Waals surface area contributed by atoms with Crippen molar-refractivity contribution in [3.63, 3.8) is 0 Å². The molecule has 6 nitrogen and oxygen atoms in total. The van der Waals surface area contributed by atoms with E-state index in [1.165, 1.54) is 6.92 Å². The Morgan fingerprint density at radius 3 is 2.77 bits per heavy atom. The first-order valence-electron chi connectivity index (χ1n) is 7.78. The largest absolute Gasteiger partial charge is 0.345 e. The lowest BCUT2D eigenvalue weighted by molar-refractivity contribution is -0.143. The Labute approximate surface area is 130 Å². The summed E-state index contributed by atoms with van der Waals surface area (Å²) in [6.07, 6.45) is 4.45. The van der Waals surface area contributed by atoms with Crippen LogP contribution in [0.5, 0.6) is 0 Å². The lowest BCUT2D eigenvalue weighted by atomic mass is 9.78. The maximum absolute atomic E-state index is 12.6. The van der Waals surface area contributed by atoms with Gasteiger partial charge in [0, 0.05) is 32.9 Å². The second-order valence-corrected chi connectivity index (χ2v) is 6.51. The maximum atomic E-state index is 12.6. The topological polar surface area (TPSA) is 66.4 Å². The number of nitrogens with zero attached hydrogens (tertiary/aromatic N) is 4. The first-order valence-corrected chi connectivity index (χ1v) is 7.78. The van der Waals surface area contributed by atoms with Gasteiger partial charge in [0.1, 0.15) is 0 Å². The molecule has 6 heteroatoms. The van der Waals surface area contributed by atoms with Crippen LogP contribution in [0.2, 0.25) is 0 Å². The summed E-state index contributed by atoms with van der Waals surface area (Å²) in [4.78, 5) is 36.8. The van der Waals surface area contributed by atoms with Crippen LogP contribution in [0, 0.1) is 12.3 Å². The summed E-state index contributed by atoms with van der Waals surface area (Å²) in [5, 5.41) is 0. The summed E-state index contributed by atoms with van der Waals surface area (Å²) in [5.74, 6) is 0.852. The fourth-order valence-electron chi connectivity index (χ4n) is 3.64. The number of aryl methyl sites for hydroxylation is 1. The SMILES string of the molecule is CC(=O)c1cnc(N2CC[C@@]3(CCCN(C)C3=O)C2)nc1C. The number of carbonyl (C=O) groups excluding carboxylic acids is 2. The number of rotatable bonds is 2. The molecule has 1 amide bonds. The number of carbonyl (C=O) groups is 2. The molecule has 0 bridgehead atoms. The molecule has 1 spiro atoms. The van der Waals surface area contributed by atoms with Crippen molar-refractivity contribution in [3.05, 3.63) is 17.5 Å². The van der Waals surface area contributed by atoms with E-state index < -0.39 is 0 Å². The predicted molar refractivity (Wildman–Crippen MR) is 82.9 cm³/mol. The molecule has 1 aromatic heterocycles. The van der Waals surface area contributed by atoms with Gasteiger partial charge in [-0.15, -0.1) is 0 Å². The standard InChI is InChI=1S/C16H22N4O2/c1-11-13(12(2)21)9-17-15(18-11)20-8-6-16(10-20)5-4-7-19(3)14(16)22/h9H,4-8,10H2,1-3H3/t16-/m0/s1. The van der Waals surface area contributed by atoms with Gasteiger partial charge >= 0.3 is 0 Å². The second kappa shape index (κ2) is 5.34. The van der Waals surface area contributed by atoms with Gasteiger partial charge in [-0.05, 0) is 33.1 Å². The van der Waals surface area contributed by atoms with Crippen LogP contribution >= 0.6 is 0 Å². The molecule has 0 aromatic carbocycles. The Kier molecular flexibility index (Phi) is 3.62. The fourth-order valence-corrected chi connectivity index (χ4v) is 3.64. The van der Waals surface area contributed by atoms with Crippen LogP contribution in [0.15, 0.2) is 6.20 Å². The van der Waals surface area contributed by atoms with Gasteiger partial charge < -0.3 is 9.80 Å². The number of aromatic nitrogens is 2. The van der Waals surface area contributed by atoms with Gasteiger partial charge in [0.15, 0.2) is 5.78 Å². The number of Topliss-reactive ketones (excluding diaryl/α,β-unsaturated/α-hetero) is 1. The molecule has 1 aromatic rings. The molecule has 3 rings (SSSR count). The summed E-state index contributed by atoms with van der Waals surface area (Å²) < 4.78 is 0. The Morgan fingerprint density at radius 2 is 2.09 bits per heavy atom. The van der Waals surface area contributed by atoms with Crippen LogP contribution < -0.4 is 4.90 Å². The highest BCUT2D eigenvalue weighted by Gasteiger charge is 2.48. The van der Waals surface area contributed by atoms with Gasteiger partial charge in [-0.25, -0.2) is 9.97 Å². The third-order valence-electron chi connectivity index (χ3n) is 4.93. The number of likely N-dealkylation sites (tertiary alicyclic amines) is 1. The van der Waals surface area contributed by atoms with E-state index in [4.69, 9.17) is 0 Å². The van der Waals surface area contributed by atoms with Crippen molar-refractivity contribution in [2.45, 2.75) is 33.1 Å². The second-order valence-electron chi connectivity index (χ2n) is 6.51. The average Bonchev–Trinajstić information content (AvgIpc) is 2.89. The number of amides is 1. The normalized spacial score (nSPS) is 25.1.